The number of hydrogen-bond acceptors (Lipinski definition) is 0. The van der Waals surface area contributed by atoms with Crippen molar-refractivity contribution in [1.82, 2.24) is 0 Å². The van der Waals surface area contributed by atoms with Gasteiger partial charge in [-0.25, -0.2) is 0 Å². The van der Waals surface area contributed by atoms with Crippen LogP contribution in [0, 0.1) is 47.3 Å². The van der Waals surface area contributed by atoms with Crippen molar-refractivity contribution in [2.45, 2.75) is 77.0 Å². The van der Waals surface area contributed by atoms with Crippen LogP contribution >= 0.6 is 0 Å². The molecular weight excluding hydrogens is 240 g/mol. The lowest BCUT2D eigenvalue weighted by atomic mass is 9.38. The van der Waals surface area contributed by atoms with Crippen molar-refractivity contribution in [2.24, 2.45) is 47.3 Å². The van der Waals surface area contributed by atoms with Gasteiger partial charge >= 0.3 is 0 Å². The third-order valence-electron chi connectivity index (χ3n) is 8.55. The first-order valence-electron chi connectivity index (χ1n) is 9.93. The Morgan fingerprint density at radius 2 is 0.500 bits per heavy atom. The number of rotatable bonds is 4. The van der Waals surface area contributed by atoms with E-state index in [1.54, 1.807) is 77.0 Å². The maximum atomic E-state index is 1.61. The van der Waals surface area contributed by atoms with E-state index >= 15 is 0 Å². The lowest BCUT2D eigenvalue weighted by molar-refractivity contribution is -0.190. The molecule has 20 heavy (non-hydrogen) atoms. The minimum atomic E-state index is 1.18. The summed E-state index contributed by atoms with van der Waals surface area (Å²) in [5.74, 6) is 9.58. The Morgan fingerprint density at radius 1 is 0.300 bits per heavy atom. The van der Waals surface area contributed by atoms with Gasteiger partial charge in [-0.3, -0.25) is 0 Å². The summed E-state index contributed by atoms with van der Waals surface area (Å²) in [6.07, 6.45) is 19.1. The van der Waals surface area contributed by atoms with E-state index in [1.165, 1.54) is 47.3 Å². The van der Waals surface area contributed by atoms with Gasteiger partial charge in [0.1, 0.15) is 0 Å². The van der Waals surface area contributed by atoms with Gasteiger partial charge in [-0.15, -0.1) is 0 Å². The third kappa shape index (κ3) is 1.66. The van der Waals surface area contributed by atoms with Gasteiger partial charge in [0, 0.05) is 0 Å². The van der Waals surface area contributed by atoms with Crippen LogP contribution in [0.1, 0.15) is 77.0 Å². The van der Waals surface area contributed by atoms with Crippen molar-refractivity contribution >= 4 is 0 Å². The minimum Gasteiger partial charge on any atom is -0.0528 e. The molecule has 5 rings (SSSR count). The average molecular weight is 272 g/mol. The Kier molecular flexibility index (Phi) is 2.98. The molecule has 0 N–H and O–H groups in total. The smallest absolute Gasteiger partial charge is 0.0318 e. The standard InChI is InChI=1S/C20H32/c1-5-13(6-1)17-18(14-7-2-8-14)20(16-11-4-12-16)19(17)15-9-3-10-15/h13-20H,1-12H2. The first-order chi connectivity index (χ1) is 9.93. The molecule has 5 saturated carbocycles. The first-order valence-corrected chi connectivity index (χ1v) is 9.93. The zero-order valence-corrected chi connectivity index (χ0v) is 13.1. The molecule has 5 aliphatic carbocycles. The highest BCUT2D eigenvalue weighted by molar-refractivity contribution is 5.09. The summed E-state index contributed by atoms with van der Waals surface area (Å²) < 4.78 is 0. The van der Waals surface area contributed by atoms with Gasteiger partial charge in [0.15, 0.2) is 0 Å². The van der Waals surface area contributed by atoms with Crippen LogP contribution in [-0.4, -0.2) is 0 Å². The van der Waals surface area contributed by atoms with Gasteiger partial charge in [0.05, 0.1) is 0 Å². The largest absolute Gasteiger partial charge is 0.0528 e. The average Bonchev–Trinajstić information content (AvgIpc) is 2.19. The van der Waals surface area contributed by atoms with Crippen molar-refractivity contribution < 1.29 is 0 Å². The van der Waals surface area contributed by atoms with Crippen molar-refractivity contribution in [3.8, 4) is 0 Å². The molecule has 0 nitrogen and oxygen atoms in total. The fraction of sp³-hybridized carbons (Fsp3) is 1.00. The van der Waals surface area contributed by atoms with Crippen molar-refractivity contribution in [3.63, 3.8) is 0 Å². The highest BCUT2D eigenvalue weighted by Gasteiger charge is 2.61. The zero-order chi connectivity index (χ0) is 13.1. The second-order valence-electron chi connectivity index (χ2n) is 9.07. The Hall–Kier alpha value is 0. The predicted octanol–water partition coefficient (Wildman–Crippen LogP) is 5.67. The van der Waals surface area contributed by atoms with Crippen molar-refractivity contribution in [2.75, 3.05) is 0 Å². The SMILES string of the molecule is C1CC(C2C(C3CCC3)C(C3CCC3)C2C2CCC2)C1. The molecule has 0 atom stereocenters. The molecule has 0 aromatic carbocycles. The fourth-order valence-electron chi connectivity index (χ4n) is 6.69. The van der Waals surface area contributed by atoms with E-state index < -0.39 is 0 Å². The van der Waals surface area contributed by atoms with Gasteiger partial charge in [-0.1, -0.05) is 77.0 Å². The van der Waals surface area contributed by atoms with Crippen LogP contribution in [0.15, 0.2) is 0 Å². The van der Waals surface area contributed by atoms with E-state index in [-0.39, 0.29) is 0 Å². The summed E-state index contributed by atoms with van der Waals surface area (Å²) >= 11 is 0. The molecule has 0 aromatic heterocycles. The van der Waals surface area contributed by atoms with E-state index in [0.717, 1.165) is 0 Å². The van der Waals surface area contributed by atoms with Crippen LogP contribution in [0.3, 0.4) is 0 Å². The minimum absolute atomic E-state index is 1.18. The summed E-state index contributed by atoms with van der Waals surface area (Å²) in [4.78, 5) is 0. The normalized spacial score (nSPS) is 46.8. The van der Waals surface area contributed by atoms with Crippen LogP contribution in [0.2, 0.25) is 0 Å². The molecule has 0 heteroatoms. The lowest BCUT2D eigenvalue weighted by Crippen LogP contribution is -2.61. The molecule has 0 radical (unpaired) electrons. The zero-order valence-electron chi connectivity index (χ0n) is 13.1. The van der Waals surface area contributed by atoms with E-state index in [4.69, 9.17) is 0 Å². The number of hydrogen-bond donors (Lipinski definition) is 0. The summed E-state index contributed by atoms with van der Waals surface area (Å²) in [6.45, 7) is 0. The van der Waals surface area contributed by atoms with Crippen LogP contribution in [0.5, 0.6) is 0 Å². The molecule has 0 saturated heterocycles. The monoisotopic (exact) mass is 272 g/mol. The predicted molar refractivity (Wildman–Crippen MR) is 83.3 cm³/mol. The molecule has 0 bridgehead atoms. The van der Waals surface area contributed by atoms with Gasteiger partial charge in [0.2, 0.25) is 0 Å². The fourth-order valence-corrected chi connectivity index (χ4v) is 6.69. The molecule has 0 spiro atoms. The van der Waals surface area contributed by atoms with Crippen molar-refractivity contribution in [1.29, 1.82) is 0 Å². The molecule has 0 unspecified atom stereocenters. The van der Waals surface area contributed by atoms with E-state index in [9.17, 15) is 0 Å². The van der Waals surface area contributed by atoms with Crippen LogP contribution < -0.4 is 0 Å². The van der Waals surface area contributed by atoms with E-state index in [1.807, 2.05) is 0 Å². The second-order valence-corrected chi connectivity index (χ2v) is 9.07. The summed E-state index contributed by atoms with van der Waals surface area (Å²) in [7, 11) is 0. The molecule has 112 valence electrons. The summed E-state index contributed by atoms with van der Waals surface area (Å²) in [6, 6.07) is 0. The van der Waals surface area contributed by atoms with Crippen LogP contribution in [-0.2, 0) is 0 Å². The Morgan fingerprint density at radius 3 is 0.600 bits per heavy atom. The highest BCUT2D eigenvalue weighted by Crippen LogP contribution is 2.68. The molecule has 5 aliphatic rings. The van der Waals surface area contributed by atoms with Gasteiger partial charge < -0.3 is 0 Å². The molecular formula is C20H32. The molecule has 0 aliphatic heterocycles. The Bertz CT molecular complexity index is 276. The Labute approximate surface area is 125 Å². The summed E-state index contributed by atoms with van der Waals surface area (Å²) in [5.41, 5.74) is 0. The molecule has 0 amide bonds. The van der Waals surface area contributed by atoms with Gasteiger partial charge in [0.25, 0.3) is 0 Å². The topological polar surface area (TPSA) is 0 Å². The molecule has 0 aromatic rings. The van der Waals surface area contributed by atoms with Gasteiger partial charge in [-0.05, 0) is 47.3 Å². The first kappa shape index (κ1) is 12.5. The maximum absolute atomic E-state index is 1.61. The van der Waals surface area contributed by atoms with Crippen LogP contribution in [0.25, 0.3) is 0 Å². The van der Waals surface area contributed by atoms with E-state index in [0.29, 0.717) is 0 Å². The third-order valence-corrected chi connectivity index (χ3v) is 8.55. The van der Waals surface area contributed by atoms with Gasteiger partial charge in [-0.2, -0.15) is 0 Å². The van der Waals surface area contributed by atoms with Crippen LogP contribution in [0.4, 0.5) is 0 Å². The highest BCUT2D eigenvalue weighted by atomic mass is 14.7. The Balaban J connectivity index is 1.40. The van der Waals surface area contributed by atoms with Crippen molar-refractivity contribution in [3.05, 3.63) is 0 Å². The quantitative estimate of drug-likeness (QED) is 0.619. The van der Waals surface area contributed by atoms with E-state index in [2.05, 4.69) is 0 Å². The maximum Gasteiger partial charge on any atom is -0.0318 e. The summed E-state index contributed by atoms with van der Waals surface area (Å²) in [5, 5.41) is 0. The molecule has 0 heterocycles. The second kappa shape index (κ2) is 4.75. The lowest BCUT2D eigenvalue weighted by Gasteiger charge is -2.67. The molecule has 5 fully saturated rings.